The Bertz CT molecular complexity index is 634. The average molecular weight is 322 g/mol. The molecule has 1 amide bonds. The number of anilines is 1. The number of hydrogen-bond acceptors (Lipinski definition) is 1. The SMILES string of the molecule is CC[NH+](CC(=O)Nc1cc(Cl)ccc1F)Cc1ccccc1. The molecule has 0 fully saturated rings. The number of amides is 1. The fourth-order valence-corrected chi connectivity index (χ4v) is 2.38. The van der Waals surface area contributed by atoms with Gasteiger partial charge in [0.2, 0.25) is 0 Å². The molecule has 2 rings (SSSR count). The molecule has 0 saturated carbocycles. The predicted molar refractivity (Wildman–Crippen MR) is 86.6 cm³/mol. The predicted octanol–water partition coefficient (Wildman–Crippen LogP) is 2.52. The second kappa shape index (κ2) is 7.92. The average Bonchev–Trinajstić information content (AvgIpc) is 2.51. The number of benzene rings is 2. The van der Waals surface area contributed by atoms with Crippen LogP contribution in [0.15, 0.2) is 48.5 Å². The number of carbonyl (C=O) groups excluding carboxylic acids is 1. The summed E-state index contributed by atoms with van der Waals surface area (Å²) in [6, 6.07) is 14.1. The van der Waals surface area contributed by atoms with Crippen molar-refractivity contribution in [3.63, 3.8) is 0 Å². The van der Waals surface area contributed by atoms with Gasteiger partial charge in [-0.2, -0.15) is 0 Å². The summed E-state index contributed by atoms with van der Waals surface area (Å²) in [5, 5.41) is 2.97. The molecule has 3 nitrogen and oxygen atoms in total. The van der Waals surface area contributed by atoms with Crippen LogP contribution in [0.4, 0.5) is 10.1 Å². The molecule has 1 unspecified atom stereocenters. The van der Waals surface area contributed by atoms with Crippen molar-refractivity contribution in [2.45, 2.75) is 13.5 Å². The molecule has 0 aliphatic rings. The molecule has 0 aliphatic carbocycles. The molecule has 116 valence electrons. The summed E-state index contributed by atoms with van der Waals surface area (Å²) in [6.07, 6.45) is 0. The van der Waals surface area contributed by atoms with Crippen LogP contribution in [-0.4, -0.2) is 19.0 Å². The van der Waals surface area contributed by atoms with Crippen molar-refractivity contribution in [3.8, 4) is 0 Å². The normalized spacial score (nSPS) is 12.0. The van der Waals surface area contributed by atoms with Crippen LogP contribution in [0.3, 0.4) is 0 Å². The second-order valence-electron chi connectivity index (χ2n) is 5.12. The fraction of sp³-hybridized carbons (Fsp3) is 0.235. The van der Waals surface area contributed by atoms with Crippen molar-refractivity contribution in [1.29, 1.82) is 0 Å². The molecule has 5 heteroatoms. The van der Waals surface area contributed by atoms with Crippen LogP contribution in [0.5, 0.6) is 0 Å². The zero-order chi connectivity index (χ0) is 15.9. The highest BCUT2D eigenvalue weighted by atomic mass is 35.5. The third-order valence-corrected chi connectivity index (χ3v) is 3.65. The van der Waals surface area contributed by atoms with Gasteiger partial charge in [0.25, 0.3) is 5.91 Å². The Kier molecular flexibility index (Phi) is 5.92. The Morgan fingerprint density at radius 2 is 1.95 bits per heavy atom. The van der Waals surface area contributed by atoms with Crippen LogP contribution in [0.2, 0.25) is 5.02 Å². The number of hydrogen-bond donors (Lipinski definition) is 2. The van der Waals surface area contributed by atoms with E-state index in [9.17, 15) is 9.18 Å². The van der Waals surface area contributed by atoms with Gasteiger partial charge in [0.1, 0.15) is 12.4 Å². The highest BCUT2D eigenvalue weighted by Gasteiger charge is 2.15. The zero-order valence-corrected chi connectivity index (χ0v) is 13.2. The Balaban J connectivity index is 1.96. The third-order valence-electron chi connectivity index (χ3n) is 3.41. The highest BCUT2D eigenvalue weighted by Crippen LogP contribution is 2.19. The molecule has 0 spiro atoms. The van der Waals surface area contributed by atoms with Gasteiger partial charge in [-0.15, -0.1) is 0 Å². The van der Waals surface area contributed by atoms with E-state index in [2.05, 4.69) is 5.32 Å². The standard InChI is InChI=1S/C17H18ClFN2O/c1-2-21(11-13-6-4-3-5-7-13)12-17(22)20-16-10-14(18)8-9-15(16)19/h3-10H,2,11-12H2,1H3,(H,20,22)/p+1. The molecule has 0 aliphatic heterocycles. The van der Waals surface area contributed by atoms with Gasteiger partial charge in [0.15, 0.2) is 6.54 Å². The molecular formula is C17H19ClFN2O+. The summed E-state index contributed by atoms with van der Waals surface area (Å²) in [5.41, 5.74) is 1.29. The molecule has 0 radical (unpaired) electrons. The van der Waals surface area contributed by atoms with E-state index in [1.54, 1.807) is 0 Å². The van der Waals surface area contributed by atoms with Crippen LogP contribution < -0.4 is 10.2 Å². The number of rotatable bonds is 6. The van der Waals surface area contributed by atoms with Gasteiger partial charge in [-0.25, -0.2) is 4.39 Å². The van der Waals surface area contributed by atoms with Crippen molar-refractivity contribution in [2.24, 2.45) is 0 Å². The van der Waals surface area contributed by atoms with E-state index in [-0.39, 0.29) is 18.1 Å². The van der Waals surface area contributed by atoms with E-state index in [1.807, 2.05) is 37.3 Å². The largest absolute Gasteiger partial charge is 0.324 e. The Hall–Kier alpha value is -1.91. The molecule has 0 aromatic heterocycles. The van der Waals surface area contributed by atoms with Crippen molar-refractivity contribution in [1.82, 2.24) is 0 Å². The molecule has 22 heavy (non-hydrogen) atoms. The molecule has 2 N–H and O–H groups in total. The first-order chi connectivity index (χ1) is 10.6. The Morgan fingerprint density at radius 3 is 2.64 bits per heavy atom. The van der Waals surface area contributed by atoms with E-state index in [0.29, 0.717) is 5.02 Å². The van der Waals surface area contributed by atoms with Crippen LogP contribution >= 0.6 is 11.6 Å². The monoisotopic (exact) mass is 321 g/mol. The first-order valence-corrected chi connectivity index (χ1v) is 7.58. The van der Waals surface area contributed by atoms with Gasteiger partial charge in [0, 0.05) is 10.6 Å². The first kappa shape index (κ1) is 16.5. The summed E-state index contributed by atoms with van der Waals surface area (Å²) in [4.78, 5) is 13.2. The zero-order valence-electron chi connectivity index (χ0n) is 12.4. The summed E-state index contributed by atoms with van der Waals surface area (Å²) < 4.78 is 13.6. The molecule has 2 aromatic carbocycles. The molecule has 0 saturated heterocycles. The lowest BCUT2D eigenvalue weighted by Crippen LogP contribution is -3.11. The number of halogens is 2. The quantitative estimate of drug-likeness (QED) is 0.842. The minimum Gasteiger partial charge on any atom is -0.324 e. The smallest absolute Gasteiger partial charge is 0.279 e. The van der Waals surface area contributed by atoms with Crippen LogP contribution in [0.1, 0.15) is 12.5 Å². The number of likely N-dealkylation sites (N-methyl/N-ethyl adjacent to an activating group) is 1. The lowest BCUT2D eigenvalue weighted by atomic mass is 10.2. The van der Waals surface area contributed by atoms with Gasteiger partial charge in [-0.05, 0) is 25.1 Å². The first-order valence-electron chi connectivity index (χ1n) is 7.21. The third kappa shape index (κ3) is 4.83. The van der Waals surface area contributed by atoms with Crippen molar-refractivity contribution in [2.75, 3.05) is 18.4 Å². The highest BCUT2D eigenvalue weighted by molar-refractivity contribution is 6.30. The molecule has 0 bridgehead atoms. The van der Waals surface area contributed by atoms with E-state index >= 15 is 0 Å². The van der Waals surface area contributed by atoms with Crippen molar-refractivity contribution in [3.05, 3.63) is 64.9 Å². The van der Waals surface area contributed by atoms with Crippen molar-refractivity contribution < 1.29 is 14.1 Å². The van der Waals surface area contributed by atoms with E-state index < -0.39 is 5.82 Å². The maximum absolute atomic E-state index is 13.6. The summed E-state index contributed by atoms with van der Waals surface area (Å²) in [7, 11) is 0. The number of nitrogens with one attached hydrogen (secondary N) is 2. The topological polar surface area (TPSA) is 33.5 Å². The van der Waals surface area contributed by atoms with Gasteiger partial charge >= 0.3 is 0 Å². The molecular weight excluding hydrogens is 303 g/mol. The molecule has 2 aromatic rings. The lowest BCUT2D eigenvalue weighted by Gasteiger charge is -2.17. The van der Waals surface area contributed by atoms with Gasteiger partial charge < -0.3 is 10.2 Å². The number of carbonyl (C=O) groups is 1. The van der Waals surface area contributed by atoms with Gasteiger partial charge in [-0.3, -0.25) is 4.79 Å². The van der Waals surface area contributed by atoms with E-state index in [4.69, 9.17) is 11.6 Å². The minimum atomic E-state index is -0.487. The number of quaternary nitrogens is 1. The summed E-state index contributed by atoms with van der Waals surface area (Å²) in [6.45, 7) is 3.85. The lowest BCUT2D eigenvalue weighted by molar-refractivity contribution is -0.903. The minimum absolute atomic E-state index is 0.118. The maximum Gasteiger partial charge on any atom is 0.279 e. The molecule has 1 atom stereocenters. The Labute approximate surface area is 134 Å². The van der Waals surface area contributed by atoms with Crippen molar-refractivity contribution >= 4 is 23.2 Å². The van der Waals surface area contributed by atoms with Crippen LogP contribution in [0.25, 0.3) is 0 Å². The fourth-order valence-electron chi connectivity index (χ4n) is 2.21. The van der Waals surface area contributed by atoms with E-state index in [0.717, 1.165) is 18.0 Å². The van der Waals surface area contributed by atoms with Crippen LogP contribution in [0, 0.1) is 5.82 Å². The van der Waals surface area contributed by atoms with E-state index in [1.165, 1.54) is 23.8 Å². The van der Waals surface area contributed by atoms with Gasteiger partial charge in [0.05, 0.1) is 12.2 Å². The Morgan fingerprint density at radius 1 is 1.23 bits per heavy atom. The molecule has 0 heterocycles. The second-order valence-corrected chi connectivity index (χ2v) is 5.55. The maximum atomic E-state index is 13.6. The summed E-state index contributed by atoms with van der Waals surface area (Å²) >= 11 is 5.82. The van der Waals surface area contributed by atoms with Crippen LogP contribution in [-0.2, 0) is 11.3 Å². The van der Waals surface area contributed by atoms with Gasteiger partial charge in [-0.1, -0.05) is 41.9 Å². The summed E-state index contributed by atoms with van der Waals surface area (Å²) in [5.74, 6) is -0.715.